The number of hydrogen-bond acceptors (Lipinski definition) is 18. The third-order valence-electron chi connectivity index (χ3n) is 19.7. The monoisotopic (exact) mass is 1600 g/mol. The Bertz CT molecular complexity index is 2070. The molecule has 0 saturated heterocycles. The summed E-state index contributed by atoms with van der Waals surface area (Å²) in [5.41, 5.74) is 0. The van der Waals surface area contributed by atoms with Gasteiger partial charge in [0.05, 0.1) is 52.9 Å². The van der Waals surface area contributed by atoms with E-state index >= 15 is 0 Å². The van der Waals surface area contributed by atoms with E-state index in [2.05, 4.69) is 52.2 Å². The number of ether oxygens (including phenoxy) is 6. The summed E-state index contributed by atoms with van der Waals surface area (Å²) in [5.74, 6) is -2.93. The number of esters is 4. The molecule has 0 aliphatic heterocycles. The third kappa shape index (κ3) is 76.0. The predicted molar refractivity (Wildman–Crippen MR) is 437 cm³/mol. The molecule has 0 rings (SSSR count). The molecule has 0 saturated carbocycles. The topological polar surface area (TPSA) is 293 Å². The van der Waals surface area contributed by atoms with Crippen molar-refractivity contribution in [1.29, 1.82) is 0 Å². The van der Waals surface area contributed by atoms with E-state index in [1.165, 1.54) is 167 Å². The fourth-order valence-electron chi connectivity index (χ4n) is 13.0. The molecule has 0 aromatic rings. The standard InChI is InChI=1S/C85H164N2O20P2/c1-7-13-19-25-29-33-35-39-43-49-55-61-84(92)106-78(72-98-67-63-76(57-51-45-23-17-11-5)104-82(90)59-53-47-41-37-31-27-21-15-9-3)74-102-108(94,95)100-69-65-86-80(88)71-81(89)87-66-70-101-109(96,97)103-75-79(107-85(93)62-56-50-44-40-36-34-30-26-20-14-8-2)73-99-68-64-77(58-52-46-24-18-12-6)105-83(91)60-54-48-42-38-32-28-22-16-10-4/h76-79H,7-75H2,1-6H3,(H,86,88)(H,87,89)(H,94,95)(H,96,97)/t76-,77-,78?,79?/m1/s1. The van der Waals surface area contributed by atoms with Gasteiger partial charge in [-0.2, -0.15) is 0 Å². The molecular formula is C85H164N2O20P2. The maximum absolute atomic E-state index is 13.2. The van der Waals surface area contributed by atoms with Crippen LogP contribution in [0.4, 0.5) is 0 Å². The number of hydrogen-bond donors (Lipinski definition) is 4. The highest BCUT2D eigenvalue weighted by atomic mass is 31.2. The summed E-state index contributed by atoms with van der Waals surface area (Å²) in [5, 5.41) is 4.87. The van der Waals surface area contributed by atoms with Gasteiger partial charge in [-0.05, 0) is 51.4 Å². The smallest absolute Gasteiger partial charge is 0.462 e. The zero-order valence-corrected chi connectivity index (χ0v) is 72.0. The Morgan fingerprint density at radius 3 is 0.734 bits per heavy atom. The summed E-state index contributed by atoms with van der Waals surface area (Å²) in [4.78, 5) is 99.2. The molecule has 0 radical (unpaired) electrons. The van der Waals surface area contributed by atoms with Crippen molar-refractivity contribution in [1.82, 2.24) is 10.6 Å². The highest BCUT2D eigenvalue weighted by Gasteiger charge is 2.28. The van der Waals surface area contributed by atoms with Crippen LogP contribution in [0.1, 0.15) is 420 Å². The van der Waals surface area contributed by atoms with Crippen LogP contribution in [0, 0.1) is 0 Å². The van der Waals surface area contributed by atoms with Gasteiger partial charge in [0.15, 0.2) is 0 Å². The molecule has 4 N–H and O–H groups in total. The zero-order chi connectivity index (χ0) is 80.0. The molecule has 0 heterocycles. The number of nitrogens with one attached hydrogen (secondary N) is 2. The summed E-state index contributed by atoms with van der Waals surface area (Å²) in [7, 11) is -9.55. The van der Waals surface area contributed by atoms with Crippen LogP contribution in [0.25, 0.3) is 0 Å². The second-order valence-corrected chi connectivity index (χ2v) is 33.3. The van der Waals surface area contributed by atoms with Crippen molar-refractivity contribution in [2.24, 2.45) is 0 Å². The van der Waals surface area contributed by atoms with Crippen molar-refractivity contribution in [3.05, 3.63) is 0 Å². The fourth-order valence-corrected chi connectivity index (χ4v) is 14.5. The minimum atomic E-state index is -4.77. The van der Waals surface area contributed by atoms with Crippen LogP contribution < -0.4 is 10.6 Å². The molecule has 22 nitrogen and oxygen atoms in total. The highest BCUT2D eigenvalue weighted by Crippen LogP contribution is 2.44. The van der Waals surface area contributed by atoms with E-state index in [1.54, 1.807) is 0 Å². The Hall–Kier alpha value is -3.04. The molecule has 24 heteroatoms. The summed E-state index contributed by atoms with van der Waals surface area (Å²) >= 11 is 0. The van der Waals surface area contributed by atoms with Gasteiger partial charge < -0.3 is 48.8 Å². The van der Waals surface area contributed by atoms with Crippen LogP contribution in [0.15, 0.2) is 0 Å². The molecular weight excluding hydrogens is 1430 g/mol. The lowest BCUT2D eigenvalue weighted by Crippen LogP contribution is -2.34. The average molecular weight is 1600 g/mol. The summed E-state index contributed by atoms with van der Waals surface area (Å²) in [6.45, 7) is 10.6. The van der Waals surface area contributed by atoms with E-state index in [0.29, 0.717) is 51.4 Å². The van der Waals surface area contributed by atoms with Crippen molar-refractivity contribution in [3.63, 3.8) is 0 Å². The van der Waals surface area contributed by atoms with Gasteiger partial charge >= 0.3 is 39.5 Å². The summed E-state index contributed by atoms with van der Waals surface area (Å²) < 4.78 is 82.6. The maximum atomic E-state index is 13.2. The van der Waals surface area contributed by atoms with Crippen molar-refractivity contribution in [3.8, 4) is 0 Å². The zero-order valence-electron chi connectivity index (χ0n) is 70.2. The van der Waals surface area contributed by atoms with Crippen molar-refractivity contribution < 1.29 is 94.2 Å². The minimum absolute atomic E-state index is 0.156. The molecule has 4 unspecified atom stereocenters. The Morgan fingerprint density at radius 2 is 0.486 bits per heavy atom. The molecule has 2 amide bonds. The summed E-state index contributed by atoms with van der Waals surface area (Å²) in [6.07, 6.45) is 55.7. The number of carbonyl (C=O) groups is 6. The lowest BCUT2D eigenvalue weighted by molar-refractivity contribution is -0.156. The molecule has 0 aromatic heterocycles. The van der Waals surface area contributed by atoms with Gasteiger partial charge in [0.2, 0.25) is 11.8 Å². The number of phosphoric acid groups is 2. The highest BCUT2D eigenvalue weighted by molar-refractivity contribution is 7.47. The first-order valence-corrected chi connectivity index (χ1v) is 47.6. The minimum Gasteiger partial charge on any atom is -0.462 e. The lowest BCUT2D eigenvalue weighted by Gasteiger charge is -2.21. The SMILES string of the molecule is CCCCCCCCCCCCCC(=O)OC(COCC[C@@H](CCCCCCC)OC(=O)CCCCCCCCCCC)COP(=O)(O)OCCNC(=O)CC(=O)NCCOP(=O)(O)OCC(COCC[C@@H](CCCCCCC)OC(=O)CCCCCCCCCCC)OC(=O)CCCCCCCCCCCCC. The van der Waals surface area contributed by atoms with Gasteiger partial charge in [-0.25, -0.2) is 9.13 Å². The normalized spacial score (nSPS) is 13.8. The maximum Gasteiger partial charge on any atom is 0.472 e. The second-order valence-electron chi connectivity index (χ2n) is 30.4. The van der Waals surface area contributed by atoms with Gasteiger partial charge in [0, 0.05) is 51.6 Å². The van der Waals surface area contributed by atoms with Gasteiger partial charge in [0.1, 0.15) is 30.8 Å². The van der Waals surface area contributed by atoms with Crippen LogP contribution >= 0.6 is 15.6 Å². The van der Waals surface area contributed by atoms with E-state index in [9.17, 15) is 47.7 Å². The van der Waals surface area contributed by atoms with Crippen LogP contribution in [0.2, 0.25) is 0 Å². The van der Waals surface area contributed by atoms with Crippen molar-refractivity contribution >= 4 is 51.3 Å². The lowest BCUT2D eigenvalue weighted by atomic mass is 10.1. The molecule has 6 atom stereocenters. The van der Waals surface area contributed by atoms with Crippen LogP contribution in [0.3, 0.4) is 0 Å². The van der Waals surface area contributed by atoms with Crippen molar-refractivity contribution in [2.75, 3.05) is 65.9 Å². The Labute approximate surface area is 663 Å². The van der Waals surface area contributed by atoms with Crippen LogP contribution in [-0.4, -0.2) is 136 Å². The number of phosphoric ester groups is 2. The first kappa shape index (κ1) is 106. The van der Waals surface area contributed by atoms with Crippen molar-refractivity contribution in [2.45, 2.75) is 445 Å². The van der Waals surface area contributed by atoms with E-state index < -0.39 is 84.5 Å². The molecule has 0 spiro atoms. The molecule has 0 bridgehead atoms. The predicted octanol–water partition coefficient (Wildman–Crippen LogP) is 22.3. The first-order valence-electron chi connectivity index (χ1n) is 44.6. The quantitative estimate of drug-likeness (QED) is 0.0145. The van der Waals surface area contributed by atoms with Gasteiger partial charge in [-0.1, -0.05) is 324 Å². The molecule has 0 aliphatic carbocycles. The average Bonchev–Trinajstić information content (AvgIpc) is 0.927. The Morgan fingerprint density at radius 1 is 0.266 bits per heavy atom. The number of rotatable bonds is 86. The molecule has 109 heavy (non-hydrogen) atoms. The summed E-state index contributed by atoms with van der Waals surface area (Å²) in [6, 6.07) is 0. The molecule has 0 fully saturated rings. The molecule has 0 aromatic carbocycles. The largest absolute Gasteiger partial charge is 0.472 e. The van der Waals surface area contributed by atoms with Gasteiger partial charge in [-0.15, -0.1) is 0 Å². The van der Waals surface area contributed by atoms with Gasteiger partial charge in [-0.3, -0.25) is 46.9 Å². The van der Waals surface area contributed by atoms with Gasteiger partial charge in [0.25, 0.3) is 0 Å². The molecule has 0 aliphatic rings. The Kier molecular flexibility index (Phi) is 76.6. The fraction of sp³-hybridized carbons (Fsp3) is 0.929. The van der Waals surface area contributed by atoms with E-state index in [-0.39, 0.29) is 76.5 Å². The molecule has 644 valence electrons. The van der Waals surface area contributed by atoms with E-state index in [0.717, 1.165) is 141 Å². The number of amides is 2. The Balaban J connectivity index is 5.52. The van der Waals surface area contributed by atoms with E-state index in [4.69, 9.17) is 46.5 Å². The number of carbonyl (C=O) groups excluding carboxylic acids is 6. The first-order chi connectivity index (χ1) is 52.9. The van der Waals surface area contributed by atoms with E-state index in [1.807, 2.05) is 0 Å². The van der Waals surface area contributed by atoms with Crippen LogP contribution in [0.5, 0.6) is 0 Å². The second kappa shape index (κ2) is 78.8. The third-order valence-corrected chi connectivity index (χ3v) is 21.7. The van der Waals surface area contributed by atoms with Crippen LogP contribution in [-0.2, 0) is 84.4 Å². The number of unbranched alkanes of at least 4 members (excludes halogenated alkanes) is 44.